The van der Waals surface area contributed by atoms with E-state index < -0.39 is 15.8 Å². The highest BCUT2D eigenvalue weighted by molar-refractivity contribution is 7.89. The molecule has 0 bridgehead atoms. The van der Waals surface area contributed by atoms with Gasteiger partial charge in [0.15, 0.2) is 11.6 Å². The molecule has 1 aromatic carbocycles. The highest BCUT2D eigenvalue weighted by atomic mass is 32.2. The summed E-state index contributed by atoms with van der Waals surface area (Å²) in [5.41, 5.74) is 0. The summed E-state index contributed by atoms with van der Waals surface area (Å²) in [5.74, 6) is -0.776. The molecular weight excluding hydrogens is 197 g/mol. The minimum Gasteiger partial charge on any atom is -0.494 e. The van der Waals surface area contributed by atoms with Crippen molar-refractivity contribution in [2.24, 2.45) is 5.14 Å². The van der Waals surface area contributed by atoms with Crippen LogP contribution in [0.2, 0.25) is 0 Å². The van der Waals surface area contributed by atoms with Crippen molar-refractivity contribution in [2.75, 3.05) is 7.11 Å². The van der Waals surface area contributed by atoms with Gasteiger partial charge in [0, 0.05) is 0 Å². The zero-order valence-corrected chi connectivity index (χ0v) is 7.64. The zero-order valence-electron chi connectivity index (χ0n) is 6.82. The molecular formula is C7H8FNO3S. The SMILES string of the molecule is COc1ccc(S(N)(=O)=O)cc1F. The van der Waals surface area contributed by atoms with Crippen LogP contribution >= 0.6 is 0 Å². The van der Waals surface area contributed by atoms with E-state index in [0.29, 0.717) is 0 Å². The Labute approximate surface area is 75.2 Å². The predicted molar refractivity (Wildman–Crippen MR) is 44.3 cm³/mol. The van der Waals surface area contributed by atoms with Crippen LogP contribution in [0.3, 0.4) is 0 Å². The maximum absolute atomic E-state index is 12.9. The monoisotopic (exact) mass is 205 g/mol. The number of sulfonamides is 1. The van der Waals surface area contributed by atoms with E-state index in [2.05, 4.69) is 4.74 Å². The number of rotatable bonds is 2. The lowest BCUT2D eigenvalue weighted by molar-refractivity contribution is 0.385. The number of nitrogens with two attached hydrogens (primary N) is 1. The lowest BCUT2D eigenvalue weighted by Crippen LogP contribution is -2.12. The predicted octanol–water partition coefficient (Wildman–Crippen LogP) is 0.482. The van der Waals surface area contributed by atoms with Gasteiger partial charge in [0.2, 0.25) is 10.0 Å². The molecule has 1 aromatic rings. The molecule has 0 saturated carbocycles. The van der Waals surface area contributed by atoms with Crippen molar-refractivity contribution in [3.63, 3.8) is 0 Å². The second kappa shape index (κ2) is 3.31. The molecule has 0 saturated heterocycles. The van der Waals surface area contributed by atoms with Gasteiger partial charge in [-0.15, -0.1) is 0 Å². The van der Waals surface area contributed by atoms with Crippen LogP contribution in [0.4, 0.5) is 4.39 Å². The molecule has 0 radical (unpaired) electrons. The Bertz CT molecular complexity index is 416. The van der Waals surface area contributed by atoms with Crippen molar-refractivity contribution in [2.45, 2.75) is 4.90 Å². The minimum absolute atomic E-state index is 0.0209. The third-order valence-electron chi connectivity index (χ3n) is 1.45. The topological polar surface area (TPSA) is 69.4 Å². The van der Waals surface area contributed by atoms with Gasteiger partial charge in [-0.05, 0) is 18.2 Å². The first-order chi connectivity index (χ1) is 5.95. The maximum Gasteiger partial charge on any atom is 0.238 e. The van der Waals surface area contributed by atoms with Crippen LogP contribution in [0.1, 0.15) is 0 Å². The lowest BCUT2D eigenvalue weighted by atomic mass is 10.3. The number of benzene rings is 1. The van der Waals surface area contributed by atoms with Gasteiger partial charge in [0.05, 0.1) is 12.0 Å². The molecule has 0 spiro atoms. The molecule has 2 N–H and O–H groups in total. The van der Waals surface area contributed by atoms with E-state index in [-0.39, 0.29) is 10.6 Å². The van der Waals surface area contributed by atoms with Gasteiger partial charge in [-0.2, -0.15) is 0 Å². The van der Waals surface area contributed by atoms with Crippen LogP contribution in [0.15, 0.2) is 23.1 Å². The molecule has 1 rings (SSSR count). The summed E-state index contributed by atoms with van der Waals surface area (Å²) < 4.78 is 39.0. The molecule has 4 nitrogen and oxygen atoms in total. The molecule has 0 unspecified atom stereocenters. The molecule has 72 valence electrons. The van der Waals surface area contributed by atoms with Gasteiger partial charge < -0.3 is 4.74 Å². The van der Waals surface area contributed by atoms with Gasteiger partial charge >= 0.3 is 0 Å². The first kappa shape index (κ1) is 9.94. The van der Waals surface area contributed by atoms with E-state index in [1.165, 1.54) is 19.2 Å². The van der Waals surface area contributed by atoms with Crippen molar-refractivity contribution >= 4 is 10.0 Å². The Morgan fingerprint density at radius 2 is 2.08 bits per heavy atom. The fourth-order valence-corrected chi connectivity index (χ4v) is 1.35. The standard InChI is InChI=1S/C7H8FNO3S/c1-12-7-3-2-5(4-6(7)8)13(9,10)11/h2-4H,1H3,(H2,9,10,11). The van der Waals surface area contributed by atoms with Gasteiger partial charge in [-0.3, -0.25) is 0 Å². The first-order valence-electron chi connectivity index (χ1n) is 3.31. The summed E-state index contributed by atoms with van der Waals surface area (Å²) in [6, 6.07) is 3.19. The summed E-state index contributed by atoms with van der Waals surface area (Å²) >= 11 is 0. The Hall–Kier alpha value is -1.14. The second-order valence-electron chi connectivity index (χ2n) is 2.34. The maximum atomic E-state index is 12.9. The van der Waals surface area contributed by atoms with Crippen molar-refractivity contribution in [1.29, 1.82) is 0 Å². The van der Waals surface area contributed by atoms with Crippen LogP contribution in [0.5, 0.6) is 5.75 Å². The van der Waals surface area contributed by atoms with Gasteiger partial charge in [0.25, 0.3) is 0 Å². The number of primary sulfonamides is 1. The Balaban J connectivity index is 3.26. The highest BCUT2D eigenvalue weighted by Gasteiger charge is 2.11. The van der Waals surface area contributed by atoms with E-state index in [1.807, 2.05) is 0 Å². The summed E-state index contributed by atoms with van der Waals surface area (Å²) in [4.78, 5) is -0.272. The van der Waals surface area contributed by atoms with Crippen LogP contribution in [0.25, 0.3) is 0 Å². The lowest BCUT2D eigenvalue weighted by Gasteiger charge is -2.02. The number of ether oxygens (including phenoxy) is 1. The van der Waals surface area contributed by atoms with Crippen LogP contribution in [0, 0.1) is 5.82 Å². The van der Waals surface area contributed by atoms with Crippen molar-refractivity contribution < 1.29 is 17.5 Å². The number of hydrogen-bond donors (Lipinski definition) is 1. The smallest absolute Gasteiger partial charge is 0.238 e. The quantitative estimate of drug-likeness (QED) is 0.763. The van der Waals surface area contributed by atoms with Crippen molar-refractivity contribution in [1.82, 2.24) is 0 Å². The number of hydrogen-bond acceptors (Lipinski definition) is 3. The molecule has 0 aliphatic carbocycles. The van der Waals surface area contributed by atoms with Crippen LogP contribution < -0.4 is 9.88 Å². The van der Waals surface area contributed by atoms with E-state index >= 15 is 0 Å². The molecule has 0 aromatic heterocycles. The zero-order chi connectivity index (χ0) is 10.1. The molecule has 0 heterocycles. The average Bonchev–Trinajstić information content (AvgIpc) is 2.02. The summed E-state index contributed by atoms with van der Waals surface area (Å²) in [5, 5.41) is 4.78. The van der Waals surface area contributed by atoms with E-state index in [4.69, 9.17) is 5.14 Å². The fraction of sp³-hybridized carbons (Fsp3) is 0.143. The largest absolute Gasteiger partial charge is 0.494 e. The first-order valence-corrected chi connectivity index (χ1v) is 4.86. The average molecular weight is 205 g/mol. The van der Waals surface area contributed by atoms with E-state index in [1.54, 1.807) is 0 Å². The summed E-state index contributed by atoms with van der Waals surface area (Å²) in [6.07, 6.45) is 0. The van der Waals surface area contributed by atoms with E-state index in [0.717, 1.165) is 6.07 Å². The van der Waals surface area contributed by atoms with Gasteiger partial charge in [0.1, 0.15) is 0 Å². The molecule has 0 aliphatic rings. The molecule has 0 atom stereocenters. The van der Waals surface area contributed by atoms with Crippen LogP contribution in [-0.2, 0) is 10.0 Å². The molecule has 0 aliphatic heterocycles. The van der Waals surface area contributed by atoms with E-state index in [9.17, 15) is 12.8 Å². The summed E-state index contributed by atoms with van der Waals surface area (Å²) in [6.45, 7) is 0. The number of methoxy groups -OCH3 is 1. The Kier molecular flexibility index (Phi) is 2.53. The van der Waals surface area contributed by atoms with Crippen LogP contribution in [-0.4, -0.2) is 15.5 Å². The van der Waals surface area contributed by atoms with Crippen molar-refractivity contribution in [3.05, 3.63) is 24.0 Å². The van der Waals surface area contributed by atoms with Gasteiger partial charge in [-0.25, -0.2) is 17.9 Å². The fourth-order valence-electron chi connectivity index (χ4n) is 0.824. The Morgan fingerprint density at radius 1 is 1.46 bits per heavy atom. The summed E-state index contributed by atoms with van der Waals surface area (Å²) in [7, 11) is -2.56. The van der Waals surface area contributed by atoms with Gasteiger partial charge in [-0.1, -0.05) is 0 Å². The molecule has 13 heavy (non-hydrogen) atoms. The molecule has 0 amide bonds. The molecule has 6 heteroatoms. The number of halogens is 1. The third-order valence-corrected chi connectivity index (χ3v) is 2.36. The normalized spacial score (nSPS) is 11.3. The minimum atomic E-state index is -3.85. The molecule has 0 fully saturated rings. The Morgan fingerprint density at radius 3 is 2.46 bits per heavy atom. The third kappa shape index (κ3) is 2.16. The van der Waals surface area contributed by atoms with Crippen molar-refractivity contribution in [3.8, 4) is 5.75 Å². The second-order valence-corrected chi connectivity index (χ2v) is 3.90. The highest BCUT2D eigenvalue weighted by Crippen LogP contribution is 2.19.